The van der Waals surface area contributed by atoms with E-state index in [2.05, 4.69) is 15.4 Å². The van der Waals surface area contributed by atoms with Gasteiger partial charge in [0.2, 0.25) is 5.88 Å². The van der Waals surface area contributed by atoms with Crippen LogP contribution >= 0.6 is 11.6 Å². The number of nitrogens with one attached hydrogen (secondary N) is 1. The Morgan fingerprint density at radius 2 is 2.26 bits per heavy atom. The second-order valence-electron chi connectivity index (χ2n) is 5.13. The smallest absolute Gasteiger partial charge is 0.221 e. The number of benzene rings is 1. The van der Waals surface area contributed by atoms with Crippen molar-refractivity contribution in [1.29, 1.82) is 0 Å². The summed E-state index contributed by atoms with van der Waals surface area (Å²) in [5.41, 5.74) is 5.87. The molecule has 0 bridgehead atoms. The summed E-state index contributed by atoms with van der Waals surface area (Å²) in [7, 11) is 1.59. The number of pyridine rings is 1. The van der Waals surface area contributed by atoms with Gasteiger partial charge in [0.1, 0.15) is 12.5 Å². The first-order chi connectivity index (χ1) is 11.2. The first kappa shape index (κ1) is 15.7. The zero-order valence-corrected chi connectivity index (χ0v) is 13.4. The van der Waals surface area contributed by atoms with Crippen molar-refractivity contribution in [2.75, 3.05) is 13.7 Å². The summed E-state index contributed by atoms with van der Waals surface area (Å²) in [5.74, 6) is 0.548. The predicted molar refractivity (Wildman–Crippen MR) is 89.3 cm³/mol. The Labute approximate surface area is 139 Å². The SMILES string of the molecule is COc1ncc(CN2C=NC(CO)N2)cc1-c1cccc(Cl)c1. The first-order valence-electron chi connectivity index (χ1n) is 7.15. The van der Waals surface area contributed by atoms with Gasteiger partial charge in [0.05, 0.1) is 20.3 Å². The van der Waals surface area contributed by atoms with E-state index in [4.69, 9.17) is 21.4 Å². The number of methoxy groups -OCH3 is 1. The highest BCUT2D eigenvalue weighted by Crippen LogP contribution is 2.30. The van der Waals surface area contributed by atoms with Crippen LogP contribution < -0.4 is 10.2 Å². The van der Waals surface area contributed by atoms with E-state index in [0.29, 0.717) is 17.4 Å². The van der Waals surface area contributed by atoms with Crippen molar-refractivity contribution < 1.29 is 9.84 Å². The van der Waals surface area contributed by atoms with Crippen LogP contribution in [0.3, 0.4) is 0 Å². The molecular formula is C16H17ClN4O2. The molecule has 0 fully saturated rings. The van der Waals surface area contributed by atoms with Crippen molar-refractivity contribution in [3.8, 4) is 17.0 Å². The van der Waals surface area contributed by atoms with Gasteiger partial charge in [0, 0.05) is 16.8 Å². The third kappa shape index (κ3) is 3.61. The number of nitrogens with zero attached hydrogens (tertiary/aromatic N) is 3. The minimum absolute atomic E-state index is 0.0401. The number of hydrogen-bond donors (Lipinski definition) is 2. The molecule has 0 saturated heterocycles. The third-order valence-corrected chi connectivity index (χ3v) is 3.70. The molecule has 0 radical (unpaired) electrons. The van der Waals surface area contributed by atoms with E-state index in [1.807, 2.05) is 35.3 Å². The van der Waals surface area contributed by atoms with Crippen molar-refractivity contribution in [1.82, 2.24) is 15.4 Å². The summed E-state index contributed by atoms with van der Waals surface area (Å²) in [6.07, 6.45) is 3.15. The Bertz CT molecular complexity index is 723. The van der Waals surface area contributed by atoms with Gasteiger partial charge in [-0.1, -0.05) is 23.7 Å². The summed E-state index contributed by atoms with van der Waals surface area (Å²) in [6, 6.07) is 9.58. The molecular weight excluding hydrogens is 316 g/mol. The normalized spacial score (nSPS) is 16.8. The average molecular weight is 333 g/mol. The van der Waals surface area contributed by atoms with Gasteiger partial charge in [-0.2, -0.15) is 0 Å². The molecule has 0 saturated carbocycles. The second-order valence-corrected chi connectivity index (χ2v) is 5.57. The maximum Gasteiger partial charge on any atom is 0.221 e. The molecule has 1 aromatic heterocycles. The van der Waals surface area contributed by atoms with Crippen molar-refractivity contribution in [3.63, 3.8) is 0 Å². The largest absolute Gasteiger partial charge is 0.481 e. The fourth-order valence-corrected chi connectivity index (χ4v) is 2.59. The summed E-state index contributed by atoms with van der Waals surface area (Å²) in [5, 5.41) is 11.6. The molecule has 6 nitrogen and oxygen atoms in total. The maximum absolute atomic E-state index is 9.09. The summed E-state index contributed by atoms with van der Waals surface area (Å²) in [6.45, 7) is 0.534. The number of ether oxygens (including phenoxy) is 1. The van der Waals surface area contributed by atoms with Gasteiger partial charge in [0.15, 0.2) is 0 Å². The minimum Gasteiger partial charge on any atom is -0.481 e. The van der Waals surface area contributed by atoms with Crippen LogP contribution in [0.1, 0.15) is 5.56 Å². The van der Waals surface area contributed by atoms with E-state index in [1.165, 1.54) is 0 Å². The number of aliphatic hydroxyl groups excluding tert-OH is 1. The van der Waals surface area contributed by atoms with Gasteiger partial charge in [0.25, 0.3) is 0 Å². The van der Waals surface area contributed by atoms with E-state index in [-0.39, 0.29) is 12.8 Å². The Kier molecular flexibility index (Phi) is 4.76. The number of aliphatic hydroxyl groups is 1. The number of halogens is 1. The molecule has 2 heterocycles. The zero-order chi connectivity index (χ0) is 16.2. The molecule has 1 aliphatic heterocycles. The second kappa shape index (κ2) is 6.95. The van der Waals surface area contributed by atoms with Gasteiger partial charge in [-0.3, -0.25) is 10.0 Å². The average Bonchev–Trinajstić information content (AvgIpc) is 3.02. The van der Waals surface area contributed by atoms with E-state index in [1.54, 1.807) is 19.6 Å². The highest BCUT2D eigenvalue weighted by Gasteiger charge is 2.16. The van der Waals surface area contributed by atoms with Crippen LogP contribution in [-0.4, -0.2) is 41.3 Å². The highest BCUT2D eigenvalue weighted by atomic mass is 35.5. The number of rotatable bonds is 5. The van der Waals surface area contributed by atoms with Crippen LogP contribution in [0, 0.1) is 0 Å². The lowest BCUT2D eigenvalue weighted by Gasteiger charge is -2.17. The quantitative estimate of drug-likeness (QED) is 0.877. The molecule has 1 aliphatic rings. The van der Waals surface area contributed by atoms with Gasteiger partial charge in [-0.25, -0.2) is 10.4 Å². The van der Waals surface area contributed by atoms with Crippen LogP contribution in [-0.2, 0) is 6.54 Å². The monoisotopic (exact) mass is 332 g/mol. The maximum atomic E-state index is 9.09. The van der Waals surface area contributed by atoms with Gasteiger partial charge in [-0.05, 0) is 29.3 Å². The van der Waals surface area contributed by atoms with Crippen molar-refractivity contribution in [3.05, 3.63) is 47.1 Å². The molecule has 1 atom stereocenters. The molecule has 0 aliphatic carbocycles. The minimum atomic E-state index is -0.284. The molecule has 7 heteroatoms. The molecule has 3 rings (SSSR count). The van der Waals surface area contributed by atoms with Gasteiger partial charge in [-0.15, -0.1) is 0 Å². The Morgan fingerprint density at radius 3 is 2.96 bits per heavy atom. The van der Waals surface area contributed by atoms with E-state index in [9.17, 15) is 0 Å². The highest BCUT2D eigenvalue weighted by molar-refractivity contribution is 6.30. The summed E-state index contributed by atoms with van der Waals surface area (Å²) < 4.78 is 5.36. The first-order valence-corrected chi connectivity index (χ1v) is 7.53. The molecule has 1 aromatic carbocycles. The molecule has 23 heavy (non-hydrogen) atoms. The van der Waals surface area contributed by atoms with E-state index in [0.717, 1.165) is 16.7 Å². The van der Waals surface area contributed by atoms with Crippen LogP contribution in [0.25, 0.3) is 11.1 Å². The lowest BCUT2D eigenvalue weighted by Crippen LogP contribution is -2.38. The topological polar surface area (TPSA) is 70.0 Å². The van der Waals surface area contributed by atoms with E-state index < -0.39 is 0 Å². The third-order valence-electron chi connectivity index (χ3n) is 3.46. The van der Waals surface area contributed by atoms with Crippen molar-refractivity contribution in [2.24, 2.45) is 4.99 Å². The van der Waals surface area contributed by atoms with E-state index >= 15 is 0 Å². The van der Waals surface area contributed by atoms with Crippen LogP contribution in [0.5, 0.6) is 5.88 Å². The fraction of sp³-hybridized carbons (Fsp3) is 0.250. The molecule has 2 aromatic rings. The molecule has 1 unspecified atom stereocenters. The standard InChI is InChI=1S/C16H17ClN4O2/c1-23-16-14(12-3-2-4-13(17)6-12)5-11(7-18-16)8-21-10-19-15(9-22)20-21/h2-7,10,15,20,22H,8-9H2,1H3. The Balaban J connectivity index is 1.86. The van der Waals surface area contributed by atoms with Crippen molar-refractivity contribution in [2.45, 2.75) is 12.7 Å². The summed E-state index contributed by atoms with van der Waals surface area (Å²) >= 11 is 6.08. The van der Waals surface area contributed by atoms with Crippen LogP contribution in [0.4, 0.5) is 0 Å². The summed E-state index contributed by atoms with van der Waals surface area (Å²) in [4.78, 5) is 8.51. The van der Waals surface area contributed by atoms with Gasteiger partial charge >= 0.3 is 0 Å². The molecule has 2 N–H and O–H groups in total. The Morgan fingerprint density at radius 1 is 1.39 bits per heavy atom. The molecule has 120 valence electrons. The number of aliphatic imine (C=N–C) groups is 1. The molecule has 0 amide bonds. The van der Waals surface area contributed by atoms with Crippen molar-refractivity contribution >= 4 is 17.9 Å². The lowest BCUT2D eigenvalue weighted by molar-refractivity contribution is 0.203. The molecule has 0 spiro atoms. The fourth-order valence-electron chi connectivity index (χ4n) is 2.40. The van der Waals surface area contributed by atoms with Crippen LogP contribution in [0.15, 0.2) is 41.5 Å². The van der Waals surface area contributed by atoms with Gasteiger partial charge < -0.3 is 9.84 Å². The Hall–Kier alpha value is -2.15. The number of aromatic nitrogens is 1. The van der Waals surface area contributed by atoms with Crippen LogP contribution in [0.2, 0.25) is 5.02 Å². The zero-order valence-electron chi connectivity index (χ0n) is 12.6. The number of hydrogen-bond acceptors (Lipinski definition) is 6. The lowest BCUT2D eigenvalue weighted by atomic mass is 10.1. The number of hydrazine groups is 1. The predicted octanol–water partition coefficient (Wildman–Crippen LogP) is 2.08.